The van der Waals surface area contributed by atoms with Crippen molar-refractivity contribution in [3.8, 4) is 0 Å². The fourth-order valence-electron chi connectivity index (χ4n) is 2.08. The van der Waals surface area contributed by atoms with Crippen molar-refractivity contribution in [2.75, 3.05) is 17.6 Å². The van der Waals surface area contributed by atoms with Gasteiger partial charge in [0, 0.05) is 17.5 Å². The minimum Gasteiger partial charge on any atom is -0.377 e. The first kappa shape index (κ1) is 11.7. The molecule has 1 aromatic carbocycles. The van der Waals surface area contributed by atoms with Gasteiger partial charge >= 0.3 is 0 Å². The second-order valence-electron chi connectivity index (χ2n) is 4.26. The second kappa shape index (κ2) is 4.63. The molecule has 0 spiro atoms. The summed E-state index contributed by atoms with van der Waals surface area (Å²) in [5.74, 6) is 0.924. The number of rotatable bonds is 3. The Bertz CT molecular complexity index is 355. The summed E-state index contributed by atoms with van der Waals surface area (Å²) < 4.78 is 12.8. The molecule has 2 rings (SSSR count). The van der Waals surface area contributed by atoms with Gasteiger partial charge < -0.3 is 11.1 Å². The summed E-state index contributed by atoms with van der Waals surface area (Å²) in [6.07, 6.45) is 1.06. The largest absolute Gasteiger partial charge is 0.377 e. The molecule has 2 unspecified atom stereocenters. The lowest BCUT2D eigenvalue weighted by atomic mass is 9.92. The van der Waals surface area contributed by atoms with E-state index in [0.717, 1.165) is 17.9 Å². The number of nitrogens with two attached hydrogens (primary N) is 1. The van der Waals surface area contributed by atoms with Crippen LogP contribution in [0.3, 0.4) is 0 Å². The maximum absolute atomic E-state index is 12.8. The zero-order chi connectivity index (χ0) is 11.6. The zero-order valence-electron chi connectivity index (χ0n) is 9.37. The molecular weight excluding hydrogens is 223 g/mol. The van der Waals surface area contributed by atoms with E-state index < -0.39 is 0 Å². The summed E-state index contributed by atoms with van der Waals surface area (Å²) in [5.41, 5.74) is 6.79. The van der Waals surface area contributed by atoms with Crippen molar-refractivity contribution in [1.29, 1.82) is 0 Å². The third kappa shape index (κ3) is 2.18. The number of hydrogen-bond donors (Lipinski definition) is 2. The Morgan fingerprint density at radius 2 is 2.19 bits per heavy atom. The van der Waals surface area contributed by atoms with Crippen molar-refractivity contribution in [3.63, 3.8) is 0 Å². The highest BCUT2D eigenvalue weighted by Gasteiger charge is 2.39. The summed E-state index contributed by atoms with van der Waals surface area (Å²) in [5, 5.41) is 3.96. The van der Waals surface area contributed by atoms with Crippen molar-refractivity contribution in [2.45, 2.75) is 24.1 Å². The smallest absolute Gasteiger partial charge is 0.123 e. The third-order valence-electron chi connectivity index (χ3n) is 3.30. The number of benzene rings is 1. The molecule has 1 heterocycles. The molecule has 88 valence electrons. The van der Waals surface area contributed by atoms with Crippen LogP contribution in [0, 0.1) is 5.82 Å². The van der Waals surface area contributed by atoms with Crippen molar-refractivity contribution < 1.29 is 4.39 Å². The van der Waals surface area contributed by atoms with Gasteiger partial charge in [-0.15, -0.1) is 0 Å². The highest BCUT2D eigenvalue weighted by Crippen LogP contribution is 2.37. The average molecular weight is 240 g/mol. The highest BCUT2D eigenvalue weighted by molar-refractivity contribution is 8.00. The van der Waals surface area contributed by atoms with Gasteiger partial charge in [0.2, 0.25) is 0 Å². The lowest BCUT2D eigenvalue weighted by Gasteiger charge is -2.34. The van der Waals surface area contributed by atoms with Gasteiger partial charge in [-0.05, 0) is 36.4 Å². The topological polar surface area (TPSA) is 38.0 Å². The molecule has 0 aromatic heterocycles. The average Bonchev–Trinajstić information content (AvgIpc) is 2.64. The minimum absolute atomic E-state index is 0.0392. The first-order chi connectivity index (χ1) is 7.66. The predicted octanol–water partition coefficient (Wildman–Crippen LogP) is 2.46. The Morgan fingerprint density at radius 1 is 1.50 bits per heavy atom. The van der Waals surface area contributed by atoms with Crippen molar-refractivity contribution in [2.24, 2.45) is 5.73 Å². The molecule has 1 aromatic rings. The molecule has 2 nitrogen and oxygen atoms in total. The van der Waals surface area contributed by atoms with E-state index in [1.54, 1.807) is 12.1 Å². The molecule has 4 heteroatoms. The molecule has 0 radical (unpaired) electrons. The maximum Gasteiger partial charge on any atom is 0.123 e. The van der Waals surface area contributed by atoms with Gasteiger partial charge in [0.15, 0.2) is 0 Å². The van der Waals surface area contributed by atoms with Crippen LogP contribution in [0.1, 0.15) is 13.3 Å². The molecule has 1 aliphatic heterocycles. The Morgan fingerprint density at radius 3 is 2.69 bits per heavy atom. The molecule has 1 aliphatic rings. The molecule has 1 saturated heterocycles. The van der Waals surface area contributed by atoms with Crippen LogP contribution >= 0.6 is 11.8 Å². The van der Waals surface area contributed by atoms with Crippen LogP contribution < -0.4 is 11.1 Å². The van der Waals surface area contributed by atoms with Crippen LogP contribution in [0.2, 0.25) is 0 Å². The lowest BCUT2D eigenvalue weighted by molar-refractivity contribution is 0.480. The minimum atomic E-state index is -0.207. The monoisotopic (exact) mass is 240 g/mol. The Hall–Kier alpha value is -0.740. The van der Waals surface area contributed by atoms with E-state index in [9.17, 15) is 4.39 Å². The fourth-order valence-corrected chi connectivity index (χ4v) is 3.51. The van der Waals surface area contributed by atoms with E-state index in [1.165, 1.54) is 12.1 Å². The third-order valence-corrected chi connectivity index (χ3v) is 4.69. The van der Waals surface area contributed by atoms with Crippen LogP contribution in [0.15, 0.2) is 24.3 Å². The molecule has 0 saturated carbocycles. The molecule has 3 N–H and O–H groups in total. The fraction of sp³-hybridized carbons (Fsp3) is 0.500. The van der Waals surface area contributed by atoms with Crippen LogP contribution in [0.4, 0.5) is 10.1 Å². The Balaban J connectivity index is 2.15. The lowest BCUT2D eigenvalue weighted by Crippen LogP contribution is -2.49. The molecule has 0 bridgehead atoms. The molecule has 1 fully saturated rings. The van der Waals surface area contributed by atoms with Gasteiger partial charge in [0.1, 0.15) is 5.82 Å². The number of nitrogens with one attached hydrogen (secondary N) is 1. The van der Waals surface area contributed by atoms with Gasteiger partial charge in [-0.1, -0.05) is 6.92 Å². The summed E-state index contributed by atoms with van der Waals surface area (Å²) in [4.78, 5) is 0. The molecule has 2 atom stereocenters. The van der Waals surface area contributed by atoms with Gasteiger partial charge in [-0.25, -0.2) is 4.39 Å². The molecule has 0 amide bonds. The van der Waals surface area contributed by atoms with Crippen LogP contribution in [-0.2, 0) is 0 Å². The van der Waals surface area contributed by atoms with Gasteiger partial charge in [-0.3, -0.25) is 0 Å². The summed E-state index contributed by atoms with van der Waals surface area (Å²) >= 11 is 1.93. The van der Waals surface area contributed by atoms with Crippen LogP contribution in [-0.4, -0.2) is 23.1 Å². The number of halogens is 1. The van der Waals surface area contributed by atoms with E-state index in [-0.39, 0.29) is 11.4 Å². The first-order valence-corrected chi connectivity index (χ1v) is 6.56. The Kier molecular flexibility index (Phi) is 3.40. The van der Waals surface area contributed by atoms with Gasteiger partial charge in [0.25, 0.3) is 0 Å². The number of anilines is 1. The van der Waals surface area contributed by atoms with E-state index in [4.69, 9.17) is 5.73 Å². The van der Waals surface area contributed by atoms with Crippen LogP contribution in [0.25, 0.3) is 0 Å². The van der Waals surface area contributed by atoms with E-state index in [1.807, 2.05) is 11.8 Å². The summed E-state index contributed by atoms with van der Waals surface area (Å²) in [7, 11) is 0. The molecule has 16 heavy (non-hydrogen) atoms. The van der Waals surface area contributed by atoms with Gasteiger partial charge in [0.05, 0.1) is 5.54 Å². The van der Waals surface area contributed by atoms with Gasteiger partial charge in [-0.2, -0.15) is 11.8 Å². The quantitative estimate of drug-likeness (QED) is 0.852. The molecule has 0 aliphatic carbocycles. The zero-order valence-corrected chi connectivity index (χ0v) is 10.2. The normalized spacial score (nSPS) is 29.3. The van der Waals surface area contributed by atoms with E-state index in [2.05, 4.69) is 12.2 Å². The highest BCUT2D eigenvalue weighted by atomic mass is 32.2. The number of hydrogen-bond acceptors (Lipinski definition) is 3. The van der Waals surface area contributed by atoms with Crippen molar-refractivity contribution in [1.82, 2.24) is 0 Å². The predicted molar refractivity (Wildman–Crippen MR) is 68.3 cm³/mol. The summed E-state index contributed by atoms with van der Waals surface area (Å²) in [6, 6.07) is 6.48. The van der Waals surface area contributed by atoms with Crippen molar-refractivity contribution >= 4 is 17.4 Å². The second-order valence-corrected chi connectivity index (χ2v) is 5.70. The van der Waals surface area contributed by atoms with E-state index in [0.29, 0.717) is 11.8 Å². The summed E-state index contributed by atoms with van der Waals surface area (Å²) in [6.45, 7) is 2.81. The Labute approximate surface area is 99.8 Å². The maximum atomic E-state index is 12.8. The van der Waals surface area contributed by atoms with E-state index >= 15 is 0 Å². The van der Waals surface area contributed by atoms with Crippen LogP contribution in [0.5, 0.6) is 0 Å². The standard InChI is InChI=1S/C12H17FN2S/c1-9-12(8-14,6-7-16-9)15-11-4-2-10(13)3-5-11/h2-5,9,15H,6-8,14H2,1H3. The number of thioether (sulfide) groups is 1. The molecular formula is C12H17FN2S. The first-order valence-electron chi connectivity index (χ1n) is 5.52. The SMILES string of the molecule is CC1SCCC1(CN)Nc1ccc(F)cc1. The van der Waals surface area contributed by atoms with Crippen molar-refractivity contribution in [3.05, 3.63) is 30.1 Å².